The van der Waals surface area contributed by atoms with Crippen LogP contribution < -0.4 is 10.2 Å². The Bertz CT molecular complexity index is 876. The quantitative estimate of drug-likeness (QED) is 0.646. The number of benzene rings is 2. The second kappa shape index (κ2) is 7.51. The Morgan fingerprint density at radius 3 is 2.67 bits per heavy atom. The largest absolute Gasteiger partial charge is 0.487 e. The second-order valence-corrected chi connectivity index (χ2v) is 6.08. The van der Waals surface area contributed by atoms with Gasteiger partial charge in [0.1, 0.15) is 18.2 Å². The molecule has 1 aromatic heterocycles. The summed E-state index contributed by atoms with van der Waals surface area (Å²) in [5.74, 6) is 1.44. The Morgan fingerprint density at radius 2 is 2.00 bits per heavy atom. The predicted molar refractivity (Wildman–Crippen MR) is 97.4 cm³/mol. The predicted octanol–water partition coefficient (Wildman–Crippen LogP) is 4.23. The standard InChI is InChI=1S/C17H17ClN4OS/c1-12-20-21-17(24)22(12)19-10-14-7-8-16(15(18)9-14)23-11-13-5-3-2-4-6-13/h2-9,19H,10-11H2,1H3,(H,21,24). The van der Waals surface area contributed by atoms with Crippen LogP contribution >= 0.6 is 23.8 Å². The molecule has 0 saturated carbocycles. The lowest BCUT2D eigenvalue weighted by Crippen LogP contribution is -2.16. The zero-order valence-corrected chi connectivity index (χ0v) is 14.7. The number of aromatic nitrogens is 3. The number of rotatable bonds is 6. The van der Waals surface area contributed by atoms with Gasteiger partial charge in [-0.1, -0.05) is 48.0 Å². The van der Waals surface area contributed by atoms with Crippen molar-refractivity contribution in [2.75, 3.05) is 5.43 Å². The monoisotopic (exact) mass is 360 g/mol. The van der Waals surface area contributed by atoms with E-state index in [1.807, 2.05) is 55.5 Å². The molecule has 0 spiro atoms. The number of ether oxygens (including phenoxy) is 1. The van der Waals surface area contributed by atoms with Crippen LogP contribution in [0.4, 0.5) is 0 Å². The van der Waals surface area contributed by atoms with E-state index in [0.717, 1.165) is 17.0 Å². The van der Waals surface area contributed by atoms with Crippen molar-refractivity contribution in [1.82, 2.24) is 14.9 Å². The van der Waals surface area contributed by atoms with Gasteiger partial charge < -0.3 is 10.2 Å². The van der Waals surface area contributed by atoms with Crippen molar-refractivity contribution in [2.45, 2.75) is 20.1 Å². The Labute approximate surface area is 150 Å². The molecule has 3 aromatic rings. The lowest BCUT2D eigenvalue weighted by atomic mass is 10.2. The molecule has 3 rings (SSSR count). The molecule has 0 unspecified atom stereocenters. The Morgan fingerprint density at radius 1 is 1.21 bits per heavy atom. The number of hydrogen-bond donors (Lipinski definition) is 2. The number of aromatic amines is 1. The van der Waals surface area contributed by atoms with Gasteiger partial charge >= 0.3 is 0 Å². The average molecular weight is 361 g/mol. The molecule has 0 saturated heterocycles. The fraction of sp³-hybridized carbons (Fsp3) is 0.176. The number of nitrogens with one attached hydrogen (secondary N) is 2. The fourth-order valence-corrected chi connectivity index (χ4v) is 2.74. The summed E-state index contributed by atoms with van der Waals surface area (Å²) in [7, 11) is 0. The van der Waals surface area contributed by atoms with Crippen LogP contribution in [0.1, 0.15) is 17.0 Å². The highest BCUT2D eigenvalue weighted by molar-refractivity contribution is 7.71. The zero-order chi connectivity index (χ0) is 16.9. The van der Waals surface area contributed by atoms with Crippen molar-refractivity contribution >= 4 is 23.8 Å². The van der Waals surface area contributed by atoms with Crippen LogP contribution in [0.15, 0.2) is 48.5 Å². The van der Waals surface area contributed by atoms with Gasteiger partial charge in [-0.15, -0.1) is 0 Å². The van der Waals surface area contributed by atoms with E-state index >= 15 is 0 Å². The SMILES string of the molecule is Cc1n[nH]c(=S)n1NCc1ccc(OCc2ccccc2)c(Cl)c1. The summed E-state index contributed by atoms with van der Waals surface area (Å²) >= 11 is 11.5. The minimum atomic E-state index is 0.488. The van der Waals surface area contributed by atoms with Crippen LogP contribution in [0.25, 0.3) is 0 Å². The van der Waals surface area contributed by atoms with Crippen molar-refractivity contribution < 1.29 is 4.74 Å². The normalized spacial score (nSPS) is 10.6. The Kier molecular flexibility index (Phi) is 5.17. The van der Waals surface area contributed by atoms with Gasteiger partial charge in [-0.3, -0.25) is 5.10 Å². The van der Waals surface area contributed by atoms with E-state index in [-0.39, 0.29) is 0 Å². The molecular weight excluding hydrogens is 344 g/mol. The molecule has 0 aliphatic rings. The number of hydrogen-bond acceptors (Lipinski definition) is 4. The van der Waals surface area contributed by atoms with Crippen molar-refractivity contribution in [1.29, 1.82) is 0 Å². The second-order valence-electron chi connectivity index (χ2n) is 5.29. The smallest absolute Gasteiger partial charge is 0.214 e. The van der Waals surface area contributed by atoms with Crippen LogP contribution in [-0.2, 0) is 13.2 Å². The highest BCUT2D eigenvalue weighted by atomic mass is 35.5. The number of halogens is 1. The molecule has 0 fully saturated rings. The topological polar surface area (TPSA) is 54.9 Å². The molecule has 0 aliphatic carbocycles. The third-order valence-corrected chi connectivity index (χ3v) is 4.08. The van der Waals surface area contributed by atoms with Gasteiger partial charge in [0.05, 0.1) is 11.6 Å². The number of H-pyrrole nitrogens is 1. The molecule has 124 valence electrons. The van der Waals surface area contributed by atoms with Gasteiger partial charge in [0.15, 0.2) is 0 Å². The first-order chi connectivity index (χ1) is 11.6. The highest BCUT2D eigenvalue weighted by Crippen LogP contribution is 2.26. The molecule has 2 aromatic carbocycles. The van der Waals surface area contributed by atoms with Crippen LogP contribution in [0.5, 0.6) is 5.75 Å². The summed E-state index contributed by atoms with van der Waals surface area (Å²) in [6, 6.07) is 15.7. The van der Waals surface area contributed by atoms with Gasteiger partial charge in [0, 0.05) is 0 Å². The lowest BCUT2D eigenvalue weighted by Gasteiger charge is -2.11. The molecule has 5 nitrogen and oxygen atoms in total. The van der Waals surface area contributed by atoms with Gasteiger partial charge in [-0.2, -0.15) is 5.10 Å². The Balaban J connectivity index is 1.63. The summed E-state index contributed by atoms with van der Waals surface area (Å²) in [6.45, 7) is 2.93. The molecule has 1 heterocycles. The number of aryl methyl sites for hydroxylation is 1. The molecule has 0 amide bonds. The molecule has 0 atom stereocenters. The molecule has 24 heavy (non-hydrogen) atoms. The first-order valence-electron chi connectivity index (χ1n) is 7.46. The molecule has 0 aliphatic heterocycles. The summed E-state index contributed by atoms with van der Waals surface area (Å²) in [5.41, 5.74) is 5.33. The molecule has 7 heteroatoms. The van der Waals surface area contributed by atoms with Crippen molar-refractivity contribution in [2.24, 2.45) is 0 Å². The van der Waals surface area contributed by atoms with Crippen molar-refractivity contribution in [3.05, 3.63) is 75.3 Å². The zero-order valence-electron chi connectivity index (χ0n) is 13.1. The third-order valence-electron chi connectivity index (χ3n) is 3.51. The van der Waals surface area contributed by atoms with Crippen molar-refractivity contribution in [3.8, 4) is 5.75 Å². The van der Waals surface area contributed by atoms with Gasteiger partial charge in [-0.25, -0.2) is 4.68 Å². The van der Waals surface area contributed by atoms with E-state index in [2.05, 4.69) is 15.6 Å². The van der Waals surface area contributed by atoms with Crippen LogP contribution in [-0.4, -0.2) is 14.9 Å². The fourth-order valence-electron chi connectivity index (χ4n) is 2.24. The van der Waals surface area contributed by atoms with Gasteiger partial charge in [0.25, 0.3) is 0 Å². The van der Waals surface area contributed by atoms with Crippen LogP contribution in [0, 0.1) is 11.7 Å². The first kappa shape index (κ1) is 16.5. The minimum absolute atomic E-state index is 0.488. The molecular formula is C17H17ClN4OS. The van der Waals surface area contributed by atoms with E-state index < -0.39 is 0 Å². The maximum absolute atomic E-state index is 6.32. The molecule has 0 bridgehead atoms. The van der Waals surface area contributed by atoms with E-state index in [1.165, 1.54) is 0 Å². The number of nitrogens with zero attached hydrogens (tertiary/aromatic N) is 2. The highest BCUT2D eigenvalue weighted by Gasteiger charge is 2.05. The maximum Gasteiger partial charge on any atom is 0.214 e. The Hall–Kier alpha value is -2.31. The van der Waals surface area contributed by atoms with E-state index in [1.54, 1.807) is 4.68 Å². The molecule has 0 radical (unpaired) electrons. The van der Waals surface area contributed by atoms with Gasteiger partial charge in [-0.05, 0) is 42.4 Å². The lowest BCUT2D eigenvalue weighted by molar-refractivity contribution is 0.306. The third kappa shape index (κ3) is 3.96. The van der Waals surface area contributed by atoms with Crippen molar-refractivity contribution in [3.63, 3.8) is 0 Å². The van der Waals surface area contributed by atoms with Crippen LogP contribution in [0.2, 0.25) is 5.02 Å². The maximum atomic E-state index is 6.32. The first-order valence-corrected chi connectivity index (χ1v) is 8.25. The molecule has 2 N–H and O–H groups in total. The minimum Gasteiger partial charge on any atom is -0.487 e. The summed E-state index contributed by atoms with van der Waals surface area (Å²) in [4.78, 5) is 0. The summed E-state index contributed by atoms with van der Waals surface area (Å²) < 4.78 is 8.03. The summed E-state index contributed by atoms with van der Waals surface area (Å²) in [6.07, 6.45) is 0. The van der Waals surface area contributed by atoms with Crippen LogP contribution in [0.3, 0.4) is 0 Å². The van der Waals surface area contributed by atoms with E-state index in [4.69, 9.17) is 28.6 Å². The summed E-state index contributed by atoms with van der Waals surface area (Å²) in [5, 5.41) is 7.36. The van der Waals surface area contributed by atoms with E-state index in [0.29, 0.717) is 28.7 Å². The van der Waals surface area contributed by atoms with Gasteiger partial charge in [0.2, 0.25) is 4.77 Å². The average Bonchev–Trinajstić information content (AvgIpc) is 2.91. The van der Waals surface area contributed by atoms with E-state index in [9.17, 15) is 0 Å².